The van der Waals surface area contributed by atoms with Gasteiger partial charge in [0.1, 0.15) is 0 Å². The molecule has 2 N–H and O–H groups in total. The largest absolute Gasteiger partial charge is 0.399 e. The van der Waals surface area contributed by atoms with Crippen LogP contribution in [-0.2, 0) is 15.5 Å². The topological polar surface area (TPSA) is 52.3 Å². The summed E-state index contributed by atoms with van der Waals surface area (Å²) in [6.45, 7) is 0.705. The Balaban J connectivity index is 1.79. The van der Waals surface area contributed by atoms with Gasteiger partial charge in [-0.2, -0.15) is 0 Å². The Bertz CT molecular complexity index is 538. The average Bonchev–Trinajstić information content (AvgIpc) is 2.50. The maximum absolute atomic E-state index is 12.9. The molecule has 2 aliphatic rings. The molecule has 3 nitrogen and oxygen atoms in total. The number of hydrogen-bond donors (Lipinski definition) is 1. The summed E-state index contributed by atoms with van der Waals surface area (Å²) >= 11 is 6.21. The van der Waals surface area contributed by atoms with Crippen LogP contribution in [0.3, 0.4) is 0 Å². The van der Waals surface area contributed by atoms with Crippen LogP contribution in [0.25, 0.3) is 0 Å². The van der Waals surface area contributed by atoms with E-state index in [0.29, 0.717) is 22.2 Å². The van der Waals surface area contributed by atoms with Crippen LogP contribution in [0.5, 0.6) is 0 Å². The van der Waals surface area contributed by atoms with Gasteiger partial charge in [0, 0.05) is 17.5 Å². The standard InChI is InChI=1S/C16H22ClNO2S/c17-14-5-4-12(18)10-15(14)21(19)13-6-9-20-16(11-13)7-2-1-3-8-16/h4-5,10,13H,1-3,6-9,11,18H2. The van der Waals surface area contributed by atoms with E-state index in [1.807, 2.05) is 0 Å². The second-order valence-corrected chi connectivity index (χ2v) is 8.30. The summed E-state index contributed by atoms with van der Waals surface area (Å²) < 4.78 is 19.0. The highest BCUT2D eigenvalue weighted by Crippen LogP contribution is 2.41. The molecule has 1 heterocycles. The van der Waals surface area contributed by atoms with E-state index < -0.39 is 10.8 Å². The molecule has 0 amide bonds. The molecule has 1 aliphatic heterocycles. The minimum atomic E-state index is -1.11. The molecule has 116 valence electrons. The van der Waals surface area contributed by atoms with Crippen LogP contribution in [0.4, 0.5) is 5.69 Å². The van der Waals surface area contributed by atoms with Crippen LogP contribution < -0.4 is 5.73 Å². The highest BCUT2D eigenvalue weighted by Gasteiger charge is 2.40. The molecule has 1 aromatic rings. The fourth-order valence-electron chi connectivity index (χ4n) is 3.56. The minimum absolute atomic E-state index is 0.0381. The summed E-state index contributed by atoms with van der Waals surface area (Å²) in [5.74, 6) is 0. The molecule has 1 aromatic carbocycles. The maximum atomic E-state index is 12.9. The molecular weight excluding hydrogens is 306 g/mol. The third kappa shape index (κ3) is 3.27. The monoisotopic (exact) mass is 327 g/mol. The number of ether oxygens (including phenoxy) is 1. The van der Waals surface area contributed by atoms with Crippen LogP contribution >= 0.6 is 11.6 Å². The molecule has 2 atom stereocenters. The van der Waals surface area contributed by atoms with Crippen molar-refractivity contribution in [3.63, 3.8) is 0 Å². The fourth-order valence-corrected chi connectivity index (χ4v) is 5.55. The van der Waals surface area contributed by atoms with Crippen molar-refractivity contribution in [3.05, 3.63) is 23.2 Å². The molecule has 5 heteroatoms. The number of rotatable bonds is 2. The van der Waals surface area contributed by atoms with Crippen molar-refractivity contribution < 1.29 is 8.95 Å². The van der Waals surface area contributed by atoms with Crippen LogP contribution in [0.1, 0.15) is 44.9 Å². The Hall–Kier alpha value is -0.580. The third-order valence-electron chi connectivity index (χ3n) is 4.69. The lowest BCUT2D eigenvalue weighted by Crippen LogP contribution is -2.44. The van der Waals surface area contributed by atoms with E-state index in [4.69, 9.17) is 22.1 Å². The van der Waals surface area contributed by atoms with Crippen molar-refractivity contribution in [1.82, 2.24) is 0 Å². The Morgan fingerprint density at radius 1 is 1.29 bits per heavy atom. The summed E-state index contributed by atoms with van der Waals surface area (Å²) in [5, 5.41) is 0.669. The van der Waals surface area contributed by atoms with Gasteiger partial charge in [0.25, 0.3) is 0 Å². The van der Waals surface area contributed by atoms with Crippen molar-refractivity contribution in [1.29, 1.82) is 0 Å². The van der Waals surface area contributed by atoms with Gasteiger partial charge in [0.15, 0.2) is 0 Å². The van der Waals surface area contributed by atoms with E-state index >= 15 is 0 Å². The lowest BCUT2D eigenvalue weighted by Gasteiger charge is -2.43. The van der Waals surface area contributed by atoms with Crippen LogP contribution in [-0.4, -0.2) is 21.7 Å². The number of nitrogen functional groups attached to an aromatic ring is 1. The zero-order valence-electron chi connectivity index (χ0n) is 12.1. The van der Waals surface area contributed by atoms with Gasteiger partial charge in [-0.05, 0) is 43.9 Å². The average molecular weight is 328 g/mol. The maximum Gasteiger partial charge on any atom is 0.0694 e. The molecule has 21 heavy (non-hydrogen) atoms. The molecule has 1 saturated carbocycles. The van der Waals surface area contributed by atoms with Crippen molar-refractivity contribution >= 4 is 28.1 Å². The van der Waals surface area contributed by atoms with Gasteiger partial charge in [-0.15, -0.1) is 0 Å². The molecule has 3 rings (SSSR count). The van der Waals surface area contributed by atoms with Gasteiger partial charge in [0.05, 0.1) is 26.3 Å². The van der Waals surface area contributed by atoms with E-state index in [1.54, 1.807) is 18.2 Å². The zero-order chi connectivity index (χ0) is 14.9. The van der Waals surface area contributed by atoms with E-state index in [2.05, 4.69) is 0 Å². The lowest BCUT2D eigenvalue weighted by atomic mass is 9.80. The highest BCUT2D eigenvalue weighted by atomic mass is 35.5. The van der Waals surface area contributed by atoms with E-state index in [-0.39, 0.29) is 10.9 Å². The van der Waals surface area contributed by atoms with Gasteiger partial charge < -0.3 is 10.5 Å². The van der Waals surface area contributed by atoms with Gasteiger partial charge in [0.2, 0.25) is 0 Å². The lowest BCUT2D eigenvalue weighted by molar-refractivity contribution is -0.0975. The van der Waals surface area contributed by atoms with E-state index in [1.165, 1.54) is 19.3 Å². The summed E-state index contributed by atoms with van der Waals surface area (Å²) in [5.41, 5.74) is 6.39. The molecule has 0 radical (unpaired) electrons. The molecule has 2 fully saturated rings. The third-order valence-corrected chi connectivity index (χ3v) is 6.91. The number of benzene rings is 1. The minimum Gasteiger partial charge on any atom is -0.399 e. The van der Waals surface area contributed by atoms with Crippen molar-refractivity contribution in [2.75, 3.05) is 12.3 Å². The smallest absolute Gasteiger partial charge is 0.0694 e. The number of halogens is 1. The predicted octanol–water partition coefficient (Wildman–Crippen LogP) is 3.91. The van der Waals surface area contributed by atoms with Gasteiger partial charge in [-0.3, -0.25) is 4.21 Å². The Labute approximate surface area is 133 Å². The summed E-state index contributed by atoms with van der Waals surface area (Å²) in [4.78, 5) is 0.675. The SMILES string of the molecule is Nc1ccc(Cl)c(S(=O)C2CCOC3(CCCCC3)C2)c1. The Morgan fingerprint density at radius 2 is 2.05 bits per heavy atom. The van der Waals surface area contributed by atoms with Gasteiger partial charge >= 0.3 is 0 Å². The number of nitrogens with two attached hydrogens (primary N) is 1. The van der Waals surface area contributed by atoms with Gasteiger partial charge in [-0.1, -0.05) is 30.9 Å². The molecule has 2 unspecified atom stereocenters. The first-order valence-corrected chi connectivity index (χ1v) is 9.28. The first-order valence-electron chi connectivity index (χ1n) is 7.69. The summed E-state index contributed by atoms with van der Waals surface area (Å²) in [6, 6.07) is 5.23. The summed E-state index contributed by atoms with van der Waals surface area (Å²) in [6.07, 6.45) is 7.65. The molecule has 1 spiro atoms. The number of hydrogen-bond acceptors (Lipinski definition) is 3. The quantitative estimate of drug-likeness (QED) is 0.838. The Kier molecular flexibility index (Phi) is 4.57. The number of anilines is 1. The second kappa shape index (κ2) is 6.27. The van der Waals surface area contributed by atoms with Crippen LogP contribution in [0, 0.1) is 0 Å². The summed E-state index contributed by atoms with van der Waals surface area (Å²) in [7, 11) is -1.11. The molecular formula is C16H22ClNO2S. The van der Waals surface area contributed by atoms with E-state index in [0.717, 1.165) is 25.7 Å². The molecule has 0 bridgehead atoms. The molecule has 1 saturated heterocycles. The van der Waals surface area contributed by atoms with Crippen molar-refractivity contribution in [2.45, 2.75) is 60.7 Å². The zero-order valence-corrected chi connectivity index (χ0v) is 13.7. The highest BCUT2D eigenvalue weighted by molar-refractivity contribution is 7.85. The van der Waals surface area contributed by atoms with Crippen LogP contribution in [0.2, 0.25) is 5.02 Å². The predicted molar refractivity (Wildman–Crippen MR) is 87.1 cm³/mol. The van der Waals surface area contributed by atoms with Gasteiger partial charge in [-0.25, -0.2) is 0 Å². The molecule has 1 aliphatic carbocycles. The second-order valence-electron chi connectivity index (χ2n) is 6.19. The first-order chi connectivity index (χ1) is 10.1. The molecule has 0 aromatic heterocycles. The normalized spacial score (nSPS) is 26.6. The fraction of sp³-hybridized carbons (Fsp3) is 0.625. The van der Waals surface area contributed by atoms with E-state index in [9.17, 15) is 4.21 Å². The first kappa shape index (κ1) is 15.3. The van der Waals surface area contributed by atoms with Crippen LogP contribution in [0.15, 0.2) is 23.1 Å². The van der Waals surface area contributed by atoms with Crippen molar-refractivity contribution in [3.8, 4) is 0 Å². The van der Waals surface area contributed by atoms with Crippen molar-refractivity contribution in [2.24, 2.45) is 0 Å². The Morgan fingerprint density at radius 3 is 2.81 bits per heavy atom.